The number of aromatic nitrogens is 1. The molecule has 134 valence electrons. The molecular formula is C21H28FN3. The van der Waals surface area contributed by atoms with E-state index in [1.165, 1.54) is 37.1 Å². The lowest BCUT2D eigenvalue weighted by Gasteiger charge is -2.34. The minimum Gasteiger partial charge on any atom is -0.303 e. The van der Waals surface area contributed by atoms with Crippen LogP contribution < -0.4 is 0 Å². The molecule has 1 fully saturated rings. The summed E-state index contributed by atoms with van der Waals surface area (Å²) in [6, 6.07) is 11.1. The van der Waals surface area contributed by atoms with Crippen LogP contribution in [0.5, 0.6) is 0 Å². The predicted octanol–water partition coefficient (Wildman–Crippen LogP) is 3.61. The maximum Gasteiger partial charge on any atom is 0.123 e. The van der Waals surface area contributed by atoms with E-state index < -0.39 is 0 Å². The maximum atomic E-state index is 13.0. The zero-order valence-electron chi connectivity index (χ0n) is 15.1. The molecule has 0 saturated carbocycles. The van der Waals surface area contributed by atoms with E-state index in [2.05, 4.69) is 27.9 Å². The number of rotatable bonds is 7. The fourth-order valence-corrected chi connectivity index (χ4v) is 3.75. The summed E-state index contributed by atoms with van der Waals surface area (Å²) in [5, 5.41) is 0. The second kappa shape index (κ2) is 9.07. The van der Waals surface area contributed by atoms with E-state index in [1.807, 2.05) is 30.6 Å². The average molecular weight is 341 g/mol. The summed E-state index contributed by atoms with van der Waals surface area (Å²) < 4.78 is 13.0. The second-order valence-electron chi connectivity index (χ2n) is 7.24. The summed E-state index contributed by atoms with van der Waals surface area (Å²) in [6.07, 6.45) is 7.35. The molecule has 2 aromatic rings. The van der Waals surface area contributed by atoms with E-state index in [0.717, 1.165) is 32.0 Å². The van der Waals surface area contributed by atoms with Gasteiger partial charge in [0.2, 0.25) is 0 Å². The first-order valence-corrected chi connectivity index (χ1v) is 9.23. The third-order valence-electron chi connectivity index (χ3n) is 4.98. The van der Waals surface area contributed by atoms with Crippen LogP contribution in [0.2, 0.25) is 0 Å². The van der Waals surface area contributed by atoms with Gasteiger partial charge in [0.05, 0.1) is 0 Å². The number of likely N-dealkylation sites (tertiary alicyclic amines) is 1. The molecule has 1 aromatic carbocycles. The van der Waals surface area contributed by atoms with Crippen molar-refractivity contribution in [1.82, 2.24) is 14.8 Å². The molecule has 0 spiro atoms. The summed E-state index contributed by atoms with van der Waals surface area (Å²) in [5.41, 5.74) is 2.49. The Morgan fingerprint density at radius 1 is 1.20 bits per heavy atom. The topological polar surface area (TPSA) is 19.4 Å². The summed E-state index contributed by atoms with van der Waals surface area (Å²) in [4.78, 5) is 9.17. The highest BCUT2D eigenvalue weighted by Gasteiger charge is 2.21. The van der Waals surface area contributed by atoms with Crippen LogP contribution in [0.25, 0.3) is 0 Å². The molecule has 1 aliphatic heterocycles. The van der Waals surface area contributed by atoms with E-state index in [4.69, 9.17) is 0 Å². The fraction of sp³-hybridized carbons (Fsp3) is 0.476. The first-order valence-electron chi connectivity index (χ1n) is 9.23. The summed E-state index contributed by atoms with van der Waals surface area (Å²) in [6.45, 7) is 5.50. The number of nitrogens with zero attached hydrogens (tertiary/aromatic N) is 3. The number of pyridine rings is 1. The van der Waals surface area contributed by atoms with E-state index in [-0.39, 0.29) is 5.82 Å². The van der Waals surface area contributed by atoms with Crippen molar-refractivity contribution in [1.29, 1.82) is 0 Å². The van der Waals surface area contributed by atoms with Gasteiger partial charge in [-0.1, -0.05) is 18.2 Å². The number of hydrogen-bond donors (Lipinski definition) is 0. The van der Waals surface area contributed by atoms with Gasteiger partial charge in [0.15, 0.2) is 0 Å². The average Bonchev–Trinajstić information content (AvgIpc) is 2.62. The Morgan fingerprint density at radius 2 is 2.04 bits per heavy atom. The van der Waals surface area contributed by atoms with Gasteiger partial charge >= 0.3 is 0 Å². The lowest BCUT2D eigenvalue weighted by Crippen LogP contribution is -2.40. The van der Waals surface area contributed by atoms with E-state index >= 15 is 0 Å². The Balaban J connectivity index is 1.43. The van der Waals surface area contributed by atoms with Crippen molar-refractivity contribution in [2.24, 2.45) is 5.92 Å². The van der Waals surface area contributed by atoms with E-state index in [9.17, 15) is 4.39 Å². The Kier molecular flexibility index (Phi) is 6.54. The first-order chi connectivity index (χ1) is 12.2. The summed E-state index contributed by atoms with van der Waals surface area (Å²) in [7, 11) is 2.20. The van der Waals surface area contributed by atoms with Crippen LogP contribution >= 0.6 is 0 Å². The zero-order valence-corrected chi connectivity index (χ0v) is 15.1. The third-order valence-corrected chi connectivity index (χ3v) is 4.98. The Hall–Kier alpha value is -1.78. The van der Waals surface area contributed by atoms with Crippen molar-refractivity contribution in [3.05, 3.63) is 65.7 Å². The number of halogens is 1. The van der Waals surface area contributed by atoms with Gasteiger partial charge in [0.1, 0.15) is 5.82 Å². The Bertz CT molecular complexity index is 629. The molecule has 1 aliphatic rings. The van der Waals surface area contributed by atoms with Crippen LogP contribution in [-0.4, -0.2) is 48.0 Å². The van der Waals surface area contributed by atoms with Gasteiger partial charge < -0.3 is 9.80 Å². The standard InChI is InChI=1S/C21H28FN3/c1-24(15-19-4-2-11-23-14-19)16-20-5-3-12-25(17-20)13-10-18-6-8-21(22)9-7-18/h2,4,6-9,11,14,20H,3,5,10,12-13,15-17H2,1H3/t20-/m0/s1. The van der Waals surface area contributed by atoms with Crippen LogP contribution in [0.3, 0.4) is 0 Å². The van der Waals surface area contributed by atoms with Crippen molar-refractivity contribution in [2.45, 2.75) is 25.8 Å². The van der Waals surface area contributed by atoms with Crippen LogP contribution in [0, 0.1) is 11.7 Å². The van der Waals surface area contributed by atoms with Crippen molar-refractivity contribution in [3.63, 3.8) is 0 Å². The molecule has 4 heteroatoms. The minimum atomic E-state index is -0.154. The van der Waals surface area contributed by atoms with Crippen molar-refractivity contribution in [2.75, 3.05) is 33.2 Å². The van der Waals surface area contributed by atoms with Crippen LogP contribution in [0.15, 0.2) is 48.8 Å². The first kappa shape index (κ1) is 18.0. The molecular weight excluding hydrogens is 313 g/mol. The van der Waals surface area contributed by atoms with Crippen LogP contribution in [0.4, 0.5) is 4.39 Å². The fourth-order valence-electron chi connectivity index (χ4n) is 3.75. The van der Waals surface area contributed by atoms with Crippen molar-refractivity contribution >= 4 is 0 Å². The largest absolute Gasteiger partial charge is 0.303 e. The predicted molar refractivity (Wildman–Crippen MR) is 99.8 cm³/mol. The number of hydrogen-bond acceptors (Lipinski definition) is 3. The highest BCUT2D eigenvalue weighted by molar-refractivity contribution is 5.16. The van der Waals surface area contributed by atoms with Gasteiger partial charge in [0, 0.05) is 38.6 Å². The van der Waals surface area contributed by atoms with Gasteiger partial charge in [-0.15, -0.1) is 0 Å². The lowest BCUT2D eigenvalue weighted by atomic mass is 9.97. The van der Waals surface area contributed by atoms with Crippen LogP contribution in [-0.2, 0) is 13.0 Å². The van der Waals surface area contributed by atoms with Crippen molar-refractivity contribution in [3.8, 4) is 0 Å². The molecule has 0 bridgehead atoms. The molecule has 0 amide bonds. The molecule has 1 atom stereocenters. The highest BCUT2D eigenvalue weighted by Crippen LogP contribution is 2.18. The van der Waals surface area contributed by atoms with E-state index in [1.54, 1.807) is 12.1 Å². The molecule has 2 heterocycles. The van der Waals surface area contributed by atoms with Crippen LogP contribution in [0.1, 0.15) is 24.0 Å². The monoisotopic (exact) mass is 341 g/mol. The Labute approximate surface area is 150 Å². The molecule has 1 saturated heterocycles. The number of benzene rings is 1. The zero-order chi connectivity index (χ0) is 17.5. The minimum absolute atomic E-state index is 0.154. The molecule has 3 nitrogen and oxygen atoms in total. The van der Waals surface area contributed by atoms with Gasteiger partial charge in [0.25, 0.3) is 0 Å². The van der Waals surface area contributed by atoms with Gasteiger partial charge in [-0.3, -0.25) is 4.98 Å². The molecule has 3 rings (SSSR count). The smallest absolute Gasteiger partial charge is 0.123 e. The highest BCUT2D eigenvalue weighted by atomic mass is 19.1. The summed E-state index contributed by atoms with van der Waals surface area (Å²) in [5.74, 6) is 0.571. The third kappa shape index (κ3) is 5.91. The van der Waals surface area contributed by atoms with Gasteiger partial charge in [-0.25, -0.2) is 4.39 Å². The lowest BCUT2D eigenvalue weighted by molar-refractivity contribution is 0.142. The quantitative estimate of drug-likeness (QED) is 0.767. The Morgan fingerprint density at radius 3 is 2.80 bits per heavy atom. The molecule has 0 radical (unpaired) electrons. The normalized spacial score (nSPS) is 18.6. The second-order valence-corrected chi connectivity index (χ2v) is 7.24. The SMILES string of the molecule is CN(Cc1cccnc1)C[C@@H]1CCCN(CCc2ccc(F)cc2)C1. The molecule has 25 heavy (non-hydrogen) atoms. The summed E-state index contributed by atoms with van der Waals surface area (Å²) >= 11 is 0. The van der Waals surface area contributed by atoms with Crippen molar-refractivity contribution < 1.29 is 4.39 Å². The van der Waals surface area contributed by atoms with Gasteiger partial charge in [-0.05, 0) is 68.1 Å². The molecule has 0 aliphatic carbocycles. The number of piperidine rings is 1. The van der Waals surface area contributed by atoms with Gasteiger partial charge in [-0.2, -0.15) is 0 Å². The maximum absolute atomic E-state index is 13.0. The molecule has 0 N–H and O–H groups in total. The molecule has 0 unspecified atom stereocenters. The molecule has 1 aromatic heterocycles. The van der Waals surface area contributed by atoms with E-state index in [0.29, 0.717) is 0 Å².